The van der Waals surface area contributed by atoms with E-state index in [0.717, 1.165) is 0 Å². The molecule has 0 saturated heterocycles. The summed E-state index contributed by atoms with van der Waals surface area (Å²) in [7, 11) is 0. The highest BCUT2D eigenvalue weighted by atomic mass is 35.5. The van der Waals surface area contributed by atoms with Crippen LogP contribution in [-0.4, -0.2) is 10.8 Å². The smallest absolute Gasteiger partial charge is 0.206 e. The number of hydrogen-bond acceptors (Lipinski definition) is 3. The van der Waals surface area contributed by atoms with Crippen molar-refractivity contribution in [1.82, 2.24) is 4.98 Å². The van der Waals surface area contributed by atoms with Crippen LogP contribution in [0, 0.1) is 6.92 Å². The Bertz CT molecular complexity index is 551. The van der Waals surface area contributed by atoms with Crippen LogP contribution in [0.5, 0.6) is 0 Å². The van der Waals surface area contributed by atoms with Crippen LogP contribution >= 0.6 is 34.5 Å². The van der Waals surface area contributed by atoms with E-state index in [-0.39, 0.29) is 5.78 Å². The van der Waals surface area contributed by atoms with Crippen LogP contribution in [0.1, 0.15) is 20.9 Å². The van der Waals surface area contributed by atoms with Gasteiger partial charge >= 0.3 is 0 Å². The third kappa shape index (κ3) is 1.98. The largest absolute Gasteiger partial charge is 0.288 e. The molecule has 0 spiro atoms. The fraction of sp³-hybridized carbons (Fsp3) is 0.0909. The third-order valence-corrected chi connectivity index (χ3v) is 3.89. The number of carbonyl (C=O) groups excluding carboxylic acids is 1. The zero-order valence-corrected chi connectivity index (χ0v) is 10.7. The summed E-state index contributed by atoms with van der Waals surface area (Å²) in [6, 6.07) is 5.02. The van der Waals surface area contributed by atoms with Crippen molar-refractivity contribution in [2.45, 2.75) is 6.92 Å². The van der Waals surface area contributed by atoms with Gasteiger partial charge in [-0.2, -0.15) is 0 Å². The Morgan fingerprint density at radius 2 is 2.12 bits per heavy atom. The molecule has 1 aromatic heterocycles. The summed E-state index contributed by atoms with van der Waals surface area (Å²) in [5.41, 5.74) is 2.77. The molecule has 0 atom stereocenters. The molecule has 16 heavy (non-hydrogen) atoms. The number of carbonyl (C=O) groups is 1. The number of ketones is 1. The van der Waals surface area contributed by atoms with Crippen molar-refractivity contribution in [3.05, 3.63) is 49.9 Å². The number of halogens is 2. The molecule has 0 aliphatic rings. The zero-order valence-electron chi connectivity index (χ0n) is 8.33. The van der Waals surface area contributed by atoms with Gasteiger partial charge in [0.1, 0.15) is 0 Å². The first-order valence-corrected chi connectivity index (χ1v) is 6.13. The Balaban J connectivity index is 2.50. The molecular formula is C11H7Cl2NOS. The summed E-state index contributed by atoms with van der Waals surface area (Å²) in [6.45, 7) is 1.79. The van der Waals surface area contributed by atoms with Gasteiger partial charge in [0.2, 0.25) is 5.78 Å². The number of aryl methyl sites for hydroxylation is 1. The molecule has 0 bridgehead atoms. The first-order valence-electron chi connectivity index (χ1n) is 4.50. The lowest BCUT2D eigenvalue weighted by atomic mass is 10.1. The second-order valence-electron chi connectivity index (χ2n) is 3.20. The SMILES string of the molecule is Cc1ncsc1C(=O)c1cccc(Cl)c1Cl. The molecule has 0 aliphatic carbocycles. The Labute approximate surface area is 107 Å². The number of nitrogens with zero attached hydrogens (tertiary/aromatic N) is 1. The summed E-state index contributed by atoms with van der Waals surface area (Å²) in [4.78, 5) is 16.8. The number of hydrogen-bond donors (Lipinski definition) is 0. The van der Waals surface area contributed by atoms with Gasteiger partial charge in [0.05, 0.1) is 26.1 Å². The maximum atomic E-state index is 12.1. The van der Waals surface area contributed by atoms with E-state index < -0.39 is 0 Å². The lowest BCUT2D eigenvalue weighted by Gasteiger charge is -2.03. The Morgan fingerprint density at radius 1 is 1.38 bits per heavy atom. The van der Waals surface area contributed by atoms with Crippen LogP contribution in [0.2, 0.25) is 10.0 Å². The van der Waals surface area contributed by atoms with E-state index in [9.17, 15) is 4.79 Å². The van der Waals surface area contributed by atoms with Gasteiger partial charge in [0.25, 0.3) is 0 Å². The minimum atomic E-state index is -0.132. The van der Waals surface area contributed by atoms with Crippen LogP contribution in [0.25, 0.3) is 0 Å². The number of thiazole rings is 1. The lowest BCUT2D eigenvalue weighted by molar-refractivity contribution is 0.104. The van der Waals surface area contributed by atoms with E-state index in [1.165, 1.54) is 11.3 Å². The molecule has 2 aromatic rings. The monoisotopic (exact) mass is 271 g/mol. The molecule has 0 aliphatic heterocycles. The maximum absolute atomic E-state index is 12.1. The van der Waals surface area contributed by atoms with Crippen LogP contribution in [0.3, 0.4) is 0 Å². The number of aromatic nitrogens is 1. The quantitative estimate of drug-likeness (QED) is 0.774. The Morgan fingerprint density at radius 3 is 2.75 bits per heavy atom. The highest BCUT2D eigenvalue weighted by molar-refractivity contribution is 7.12. The van der Waals surface area contributed by atoms with Crippen molar-refractivity contribution < 1.29 is 4.79 Å². The predicted molar refractivity (Wildman–Crippen MR) is 66.7 cm³/mol. The number of rotatable bonds is 2. The first kappa shape index (κ1) is 11.6. The van der Waals surface area contributed by atoms with Crippen LogP contribution in [-0.2, 0) is 0 Å². The summed E-state index contributed by atoms with van der Waals surface area (Å²) in [5, 5.41) is 0.677. The molecule has 0 N–H and O–H groups in total. The van der Waals surface area contributed by atoms with Crippen LogP contribution in [0.4, 0.5) is 0 Å². The van der Waals surface area contributed by atoms with Gasteiger partial charge in [-0.25, -0.2) is 4.98 Å². The van der Waals surface area contributed by atoms with Gasteiger partial charge in [-0.3, -0.25) is 4.79 Å². The molecule has 0 saturated carbocycles. The molecule has 1 aromatic carbocycles. The second-order valence-corrected chi connectivity index (χ2v) is 4.84. The van der Waals surface area contributed by atoms with Gasteiger partial charge in [-0.05, 0) is 19.1 Å². The molecule has 2 rings (SSSR count). The van der Waals surface area contributed by atoms with Crippen LogP contribution in [0.15, 0.2) is 23.7 Å². The van der Waals surface area contributed by atoms with Gasteiger partial charge in [-0.1, -0.05) is 29.3 Å². The molecule has 2 nitrogen and oxygen atoms in total. The standard InChI is InChI=1S/C11H7Cl2NOS/c1-6-11(16-5-14-6)10(15)7-3-2-4-8(12)9(7)13/h2-5H,1H3. The van der Waals surface area contributed by atoms with E-state index in [2.05, 4.69) is 4.98 Å². The van der Waals surface area contributed by atoms with E-state index in [1.54, 1.807) is 30.6 Å². The lowest BCUT2D eigenvalue weighted by Crippen LogP contribution is -2.01. The molecule has 0 fully saturated rings. The van der Waals surface area contributed by atoms with Crippen molar-refractivity contribution in [3.63, 3.8) is 0 Å². The summed E-state index contributed by atoms with van der Waals surface area (Å²) >= 11 is 13.2. The highest BCUT2D eigenvalue weighted by Gasteiger charge is 2.18. The summed E-state index contributed by atoms with van der Waals surface area (Å²) in [6.07, 6.45) is 0. The van der Waals surface area contributed by atoms with Crippen molar-refractivity contribution in [2.75, 3.05) is 0 Å². The summed E-state index contributed by atoms with van der Waals surface area (Å²) in [5.74, 6) is -0.132. The van der Waals surface area contributed by atoms with E-state index in [0.29, 0.717) is 26.2 Å². The molecule has 0 amide bonds. The highest BCUT2D eigenvalue weighted by Crippen LogP contribution is 2.28. The van der Waals surface area contributed by atoms with Gasteiger partial charge in [-0.15, -0.1) is 11.3 Å². The average molecular weight is 272 g/mol. The van der Waals surface area contributed by atoms with Gasteiger partial charge in [0, 0.05) is 5.56 Å². The summed E-state index contributed by atoms with van der Waals surface area (Å²) < 4.78 is 0. The number of benzene rings is 1. The van der Waals surface area contributed by atoms with E-state index in [4.69, 9.17) is 23.2 Å². The topological polar surface area (TPSA) is 30.0 Å². The van der Waals surface area contributed by atoms with Crippen molar-refractivity contribution in [3.8, 4) is 0 Å². The fourth-order valence-electron chi connectivity index (χ4n) is 1.32. The molecule has 0 radical (unpaired) electrons. The average Bonchev–Trinajstić information content (AvgIpc) is 2.68. The predicted octanol–water partition coefficient (Wildman–Crippen LogP) is 3.99. The Kier molecular flexibility index (Phi) is 3.28. The maximum Gasteiger partial charge on any atom is 0.206 e. The third-order valence-electron chi connectivity index (χ3n) is 2.15. The molecular weight excluding hydrogens is 265 g/mol. The van der Waals surface area contributed by atoms with Crippen molar-refractivity contribution in [1.29, 1.82) is 0 Å². The fourth-order valence-corrected chi connectivity index (χ4v) is 2.46. The Hall–Kier alpha value is -0.900. The van der Waals surface area contributed by atoms with E-state index in [1.807, 2.05) is 0 Å². The van der Waals surface area contributed by atoms with Crippen LogP contribution < -0.4 is 0 Å². The van der Waals surface area contributed by atoms with Crippen molar-refractivity contribution >= 4 is 40.3 Å². The molecule has 0 unspecified atom stereocenters. The molecule has 5 heteroatoms. The molecule has 82 valence electrons. The minimum absolute atomic E-state index is 0.132. The molecule has 1 heterocycles. The van der Waals surface area contributed by atoms with E-state index >= 15 is 0 Å². The minimum Gasteiger partial charge on any atom is -0.288 e. The van der Waals surface area contributed by atoms with Gasteiger partial charge in [0.15, 0.2) is 0 Å². The van der Waals surface area contributed by atoms with Crippen molar-refractivity contribution in [2.24, 2.45) is 0 Å². The zero-order chi connectivity index (χ0) is 11.7. The second kappa shape index (κ2) is 4.53. The normalized spacial score (nSPS) is 10.4. The van der Waals surface area contributed by atoms with Gasteiger partial charge < -0.3 is 0 Å². The first-order chi connectivity index (χ1) is 7.61.